The van der Waals surface area contributed by atoms with Gasteiger partial charge in [0.15, 0.2) is 0 Å². The van der Waals surface area contributed by atoms with Gasteiger partial charge in [-0.05, 0) is 31.0 Å². The third-order valence-corrected chi connectivity index (χ3v) is 5.68. The first-order valence-electron chi connectivity index (χ1n) is 6.73. The minimum absolute atomic E-state index is 0.00129. The number of hydrogen-bond donors (Lipinski definition) is 2. The molecule has 1 heterocycles. The second-order valence-electron chi connectivity index (χ2n) is 4.88. The first-order chi connectivity index (χ1) is 9.95. The fourth-order valence-electron chi connectivity index (χ4n) is 2.28. The van der Waals surface area contributed by atoms with Gasteiger partial charge in [-0.2, -0.15) is 4.31 Å². The quantitative estimate of drug-likeness (QED) is 0.786. The van der Waals surface area contributed by atoms with E-state index in [2.05, 4.69) is 0 Å². The molecular formula is C13H19ClN2O4S. The number of nitrogen functional groups attached to an aromatic ring is 1. The number of benzene rings is 1. The fourth-order valence-corrected chi connectivity index (χ4v) is 4.02. The van der Waals surface area contributed by atoms with E-state index < -0.39 is 10.0 Å². The average Bonchev–Trinajstić information content (AvgIpc) is 2.48. The monoisotopic (exact) mass is 334 g/mol. The van der Waals surface area contributed by atoms with Crippen molar-refractivity contribution in [1.29, 1.82) is 0 Å². The minimum atomic E-state index is -3.56. The van der Waals surface area contributed by atoms with E-state index in [0.717, 1.165) is 0 Å². The molecule has 1 aliphatic heterocycles. The molecular weight excluding hydrogens is 316 g/mol. The Bertz CT molecular complexity index is 586. The molecule has 0 saturated carbocycles. The van der Waals surface area contributed by atoms with E-state index in [9.17, 15) is 8.42 Å². The summed E-state index contributed by atoms with van der Waals surface area (Å²) in [6.07, 6.45) is 1.22. The van der Waals surface area contributed by atoms with E-state index in [1.165, 1.54) is 22.5 Å². The molecule has 118 valence electrons. The number of aliphatic hydroxyl groups is 1. The number of nitrogens with two attached hydrogens (primary N) is 1. The lowest BCUT2D eigenvalue weighted by molar-refractivity contribution is 0.00318. The summed E-state index contributed by atoms with van der Waals surface area (Å²) in [5.41, 5.74) is 5.95. The Hall–Kier alpha value is -0.860. The van der Waals surface area contributed by atoms with Crippen LogP contribution in [0.15, 0.2) is 23.1 Å². The van der Waals surface area contributed by atoms with Crippen LogP contribution in [-0.2, 0) is 14.8 Å². The zero-order chi connectivity index (χ0) is 15.5. The molecule has 0 amide bonds. The highest BCUT2D eigenvalue weighted by molar-refractivity contribution is 7.89. The number of aliphatic hydroxyl groups excluding tert-OH is 1. The zero-order valence-corrected chi connectivity index (χ0v) is 13.1. The summed E-state index contributed by atoms with van der Waals surface area (Å²) in [7, 11) is -3.56. The van der Waals surface area contributed by atoms with Gasteiger partial charge in [0.05, 0.1) is 34.9 Å². The van der Waals surface area contributed by atoms with Crippen LogP contribution in [-0.4, -0.2) is 50.2 Å². The summed E-state index contributed by atoms with van der Waals surface area (Å²) in [5, 5.41) is 8.95. The molecule has 1 saturated heterocycles. The van der Waals surface area contributed by atoms with Crippen LogP contribution in [0.25, 0.3) is 0 Å². The largest absolute Gasteiger partial charge is 0.398 e. The normalized spacial score (nSPS) is 18.0. The molecule has 0 aliphatic carbocycles. The maximum atomic E-state index is 12.5. The van der Waals surface area contributed by atoms with E-state index in [-0.39, 0.29) is 29.2 Å². The molecule has 0 atom stereocenters. The van der Waals surface area contributed by atoms with Crippen molar-refractivity contribution in [1.82, 2.24) is 4.31 Å². The van der Waals surface area contributed by atoms with Crippen molar-refractivity contribution in [2.45, 2.75) is 23.8 Å². The van der Waals surface area contributed by atoms with Crippen LogP contribution in [0, 0.1) is 0 Å². The Morgan fingerprint density at radius 2 is 2.05 bits per heavy atom. The molecule has 2 rings (SSSR count). The Labute approximate surface area is 129 Å². The lowest BCUT2D eigenvalue weighted by Crippen LogP contribution is -2.41. The molecule has 3 N–H and O–H groups in total. The molecule has 0 bridgehead atoms. The number of ether oxygens (including phenoxy) is 1. The van der Waals surface area contributed by atoms with Gasteiger partial charge in [0, 0.05) is 13.1 Å². The maximum absolute atomic E-state index is 12.5. The van der Waals surface area contributed by atoms with Crippen LogP contribution >= 0.6 is 11.6 Å². The van der Waals surface area contributed by atoms with E-state index in [1.54, 1.807) is 0 Å². The SMILES string of the molecule is Nc1ccc(S(=O)(=O)N2CCC(OCCO)CC2)cc1Cl. The van der Waals surface area contributed by atoms with E-state index >= 15 is 0 Å². The number of anilines is 1. The molecule has 1 aromatic carbocycles. The van der Waals surface area contributed by atoms with Crippen LogP contribution in [0.2, 0.25) is 5.02 Å². The standard InChI is InChI=1S/C13H19ClN2O4S/c14-12-9-11(1-2-13(12)15)21(18,19)16-5-3-10(4-6-16)20-8-7-17/h1-2,9-10,17H,3-8,15H2. The zero-order valence-electron chi connectivity index (χ0n) is 11.5. The molecule has 1 aromatic rings. The van der Waals surface area contributed by atoms with Gasteiger partial charge >= 0.3 is 0 Å². The molecule has 0 aromatic heterocycles. The van der Waals surface area contributed by atoms with Crippen molar-refractivity contribution < 1.29 is 18.3 Å². The highest BCUT2D eigenvalue weighted by Gasteiger charge is 2.29. The van der Waals surface area contributed by atoms with E-state index in [1.807, 2.05) is 0 Å². The predicted octanol–water partition coefficient (Wildman–Crippen LogP) is 1.08. The first-order valence-corrected chi connectivity index (χ1v) is 8.54. The summed E-state index contributed by atoms with van der Waals surface area (Å²) in [5.74, 6) is 0. The Morgan fingerprint density at radius 3 is 2.62 bits per heavy atom. The second-order valence-corrected chi connectivity index (χ2v) is 7.23. The summed E-state index contributed by atoms with van der Waals surface area (Å²) in [6, 6.07) is 4.33. The second kappa shape index (κ2) is 6.93. The van der Waals surface area contributed by atoms with Gasteiger partial charge in [0.2, 0.25) is 10.0 Å². The summed E-state index contributed by atoms with van der Waals surface area (Å²) >= 11 is 5.89. The van der Waals surface area contributed by atoms with Gasteiger partial charge in [0.1, 0.15) is 0 Å². The highest BCUT2D eigenvalue weighted by Crippen LogP contribution is 2.26. The van der Waals surface area contributed by atoms with Crippen LogP contribution < -0.4 is 5.73 Å². The number of rotatable bonds is 5. The summed E-state index contributed by atoms with van der Waals surface area (Å²) in [6.45, 7) is 1.04. The Balaban J connectivity index is 2.06. The average molecular weight is 335 g/mol. The molecule has 1 aliphatic rings. The number of hydrogen-bond acceptors (Lipinski definition) is 5. The number of piperidine rings is 1. The molecule has 1 fully saturated rings. The molecule has 21 heavy (non-hydrogen) atoms. The van der Waals surface area contributed by atoms with Crippen molar-refractivity contribution in [3.8, 4) is 0 Å². The van der Waals surface area contributed by atoms with Gasteiger partial charge < -0.3 is 15.6 Å². The predicted molar refractivity (Wildman–Crippen MR) is 80.7 cm³/mol. The fraction of sp³-hybridized carbons (Fsp3) is 0.538. The number of halogens is 1. The first kappa shape index (κ1) is 16.5. The van der Waals surface area contributed by atoms with Crippen molar-refractivity contribution in [2.24, 2.45) is 0 Å². The Kier molecular flexibility index (Phi) is 5.45. The van der Waals surface area contributed by atoms with Crippen molar-refractivity contribution in [2.75, 3.05) is 32.0 Å². The smallest absolute Gasteiger partial charge is 0.243 e. The molecule has 0 unspecified atom stereocenters. The Morgan fingerprint density at radius 1 is 1.38 bits per heavy atom. The van der Waals surface area contributed by atoms with E-state index in [4.69, 9.17) is 27.2 Å². The molecule has 6 nitrogen and oxygen atoms in total. The molecule has 0 radical (unpaired) electrons. The minimum Gasteiger partial charge on any atom is -0.398 e. The van der Waals surface area contributed by atoms with Crippen LogP contribution in [0.5, 0.6) is 0 Å². The highest BCUT2D eigenvalue weighted by atomic mass is 35.5. The van der Waals surface area contributed by atoms with Crippen molar-refractivity contribution >= 4 is 27.3 Å². The third-order valence-electron chi connectivity index (χ3n) is 3.46. The van der Waals surface area contributed by atoms with Gasteiger partial charge in [-0.25, -0.2) is 8.42 Å². The number of nitrogens with zero attached hydrogens (tertiary/aromatic N) is 1. The van der Waals surface area contributed by atoms with Gasteiger partial charge in [-0.1, -0.05) is 11.6 Å². The maximum Gasteiger partial charge on any atom is 0.243 e. The molecule has 8 heteroatoms. The van der Waals surface area contributed by atoms with Crippen molar-refractivity contribution in [3.05, 3.63) is 23.2 Å². The summed E-state index contributed by atoms with van der Waals surface area (Å²) in [4.78, 5) is 0.149. The van der Waals surface area contributed by atoms with Gasteiger partial charge in [-0.3, -0.25) is 0 Å². The van der Waals surface area contributed by atoms with E-state index in [0.29, 0.717) is 31.6 Å². The van der Waals surface area contributed by atoms with Gasteiger partial charge in [0.25, 0.3) is 0 Å². The van der Waals surface area contributed by atoms with Crippen LogP contribution in [0.4, 0.5) is 5.69 Å². The topological polar surface area (TPSA) is 92.9 Å². The third kappa shape index (κ3) is 3.87. The lowest BCUT2D eigenvalue weighted by Gasteiger charge is -2.31. The molecule has 0 spiro atoms. The van der Waals surface area contributed by atoms with Crippen molar-refractivity contribution in [3.63, 3.8) is 0 Å². The van der Waals surface area contributed by atoms with Crippen LogP contribution in [0.3, 0.4) is 0 Å². The van der Waals surface area contributed by atoms with Crippen LogP contribution in [0.1, 0.15) is 12.8 Å². The summed E-state index contributed by atoms with van der Waals surface area (Å²) < 4.78 is 31.9. The number of sulfonamides is 1. The van der Waals surface area contributed by atoms with Gasteiger partial charge in [-0.15, -0.1) is 0 Å². The lowest BCUT2D eigenvalue weighted by atomic mass is 10.1.